The van der Waals surface area contributed by atoms with E-state index in [0.717, 1.165) is 28.4 Å². The molecule has 0 aliphatic heterocycles. The van der Waals surface area contributed by atoms with Crippen LogP contribution in [0.3, 0.4) is 0 Å². The molecule has 2 heterocycles. The molecular weight excluding hydrogens is 378 g/mol. The second-order valence-corrected chi connectivity index (χ2v) is 6.99. The largest absolute Gasteiger partial charge is 0.422 e. The molecule has 0 unspecified atom stereocenters. The Hall–Kier alpha value is -3.39. The number of para-hydroxylation sites is 1. The number of hydrogen-bond donors (Lipinski definition) is 1. The minimum absolute atomic E-state index is 0.0564. The van der Waals surface area contributed by atoms with Crippen LogP contribution in [0.1, 0.15) is 5.56 Å². The van der Waals surface area contributed by atoms with Crippen molar-refractivity contribution in [2.24, 2.45) is 0 Å². The fraction of sp³-hybridized carbons (Fsp3) is 0.100. The van der Waals surface area contributed by atoms with Crippen molar-refractivity contribution in [3.63, 3.8) is 0 Å². The van der Waals surface area contributed by atoms with Crippen LogP contribution in [-0.4, -0.2) is 21.9 Å². The number of anilines is 1. The molecule has 1 amide bonds. The molecular formula is C20H15N3O4S. The maximum absolute atomic E-state index is 12.2. The van der Waals surface area contributed by atoms with Crippen LogP contribution in [0, 0.1) is 6.92 Å². The number of rotatable bonds is 5. The van der Waals surface area contributed by atoms with Gasteiger partial charge in [0.1, 0.15) is 11.1 Å². The first-order valence-corrected chi connectivity index (χ1v) is 9.43. The number of carbonyl (C=O) groups excluding carboxylic acids is 1. The number of carbonyl (C=O) groups is 1. The first-order chi connectivity index (χ1) is 13.6. The molecule has 0 saturated carbocycles. The van der Waals surface area contributed by atoms with E-state index in [1.165, 1.54) is 0 Å². The Morgan fingerprint density at radius 1 is 1.07 bits per heavy atom. The molecule has 7 nitrogen and oxygen atoms in total. The summed E-state index contributed by atoms with van der Waals surface area (Å²) in [6.45, 7) is 1.98. The van der Waals surface area contributed by atoms with E-state index >= 15 is 0 Å². The highest BCUT2D eigenvalue weighted by molar-refractivity contribution is 7.99. The number of nitrogens with zero attached hydrogens (tertiary/aromatic N) is 2. The van der Waals surface area contributed by atoms with E-state index < -0.39 is 5.63 Å². The summed E-state index contributed by atoms with van der Waals surface area (Å²) in [5, 5.41) is 11.5. The molecule has 8 heteroatoms. The maximum Gasteiger partial charge on any atom is 0.349 e. The van der Waals surface area contributed by atoms with Gasteiger partial charge in [0.25, 0.3) is 11.1 Å². The number of amides is 1. The summed E-state index contributed by atoms with van der Waals surface area (Å²) in [4.78, 5) is 24.2. The van der Waals surface area contributed by atoms with Gasteiger partial charge in [0, 0.05) is 11.1 Å². The third kappa shape index (κ3) is 3.96. The van der Waals surface area contributed by atoms with E-state index in [-0.39, 0.29) is 28.3 Å². The quantitative estimate of drug-likeness (QED) is 0.406. The number of aromatic nitrogens is 2. The van der Waals surface area contributed by atoms with Gasteiger partial charge in [0.15, 0.2) is 0 Å². The summed E-state index contributed by atoms with van der Waals surface area (Å²) in [5.41, 5.74) is 1.94. The zero-order chi connectivity index (χ0) is 19.5. The van der Waals surface area contributed by atoms with Gasteiger partial charge in [-0.1, -0.05) is 47.7 Å². The molecule has 4 rings (SSSR count). The SMILES string of the molecule is Cc1ccc(NC(=O)CSc2nnc(-c3cc4ccccc4oc3=O)o2)cc1. The van der Waals surface area contributed by atoms with Crippen LogP contribution in [-0.2, 0) is 4.79 Å². The number of hydrogen-bond acceptors (Lipinski definition) is 7. The smallest absolute Gasteiger partial charge is 0.349 e. The standard InChI is InChI=1S/C20H15N3O4S/c1-12-6-8-14(9-7-12)21-17(24)11-28-20-23-22-18(27-20)15-10-13-4-2-3-5-16(13)26-19(15)25/h2-10H,11H2,1H3,(H,21,24). The molecule has 0 radical (unpaired) electrons. The van der Waals surface area contributed by atoms with Crippen molar-refractivity contribution in [3.8, 4) is 11.5 Å². The topological polar surface area (TPSA) is 98.2 Å². The van der Waals surface area contributed by atoms with Gasteiger partial charge in [-0.2, -0.15) is 0 Å². The average Bonchev–Trinajstić information content (AvgIpc) is 3.16. The molecule has 0 spiro atoms. The van der Waals surface area contributed by atoms with Gasteiger partial charge >= 0.3 is 5.63 Å². The van der Waals surface area contributed by atoms with Crippen LogP contribution in [0.25, 0.3) is 22.4 Å². The van der Waals surface area contributed by atoms with Crippen molar-refractivity contribution < 1.29 is 13.6 Å². The zero-order valence-corrected chi connectivity index (χ0v) is 15.7. The molecule has 0 saturated heterocycles. The highest BCUT2D eigenvalue weighted by Crippen LogP contribution is 2.24. The maximum atomic E-state index is 12.2. The van der Waals surface area contributed by atoms with Gasteiger partial charge in [-0.15, -0.1) is 10.2 Å². The van der Waals surface area contributed by atoms with Crippen molar-refractivity contribution >= 4 is 34.3 Å². The predicted molar refractivity (Wildman–Crippen MR) is 106 cm³/mol. The third-order valence-corrected chi connectivity index (χ3v) is 4.76. The number of thioether (sulfide) groups is 1. The first kappa shape index (κ1) is 18.0. The van der Waals surface area contributed by atoms with E-state index in [9.17, 15) is 9.59 Å². The number of fused-ring (bicyclic) bond motifs is 1. The second-order valence-electron chi connectivity index (χ2n) is 6.06. The van der Waals surface area contributed by atoms with Gasteiger partial charge in [-0.05, 0) is 31.2 Å². The number of benzene rings is 2. The molecule has 4 aromatic rings. The van der Waals surface area contributed by atoms with E-state index in [4.69, 9.17) is 8.83 Å². The monoisotopic (exact) mass is 393 g/mol. The van der Waals surface area contributed by atoms with Crippen LogP contribution in [0.5, 0.6) is 0 Å². The van der Waals surface area contributed by atoms with Gasteiger partial charge in [-0.3, -0.25) is 4.79 Å². The molecule has 0 aliphatic carbocycles. The van der Waals surface area contributed by atoms with Crippen LogP contribution in [0.4, 0.5) is 5.69 Å². The number of aryl methyl sites for hydroxylation is 1. The Labute approximate surface area is 163 Å². The van der Waals surface area contributed by atoms with Crippen molar-refractivity contribution in [3.05, 3.63) is 70.6 Å². The summed E-state index contributed by atoms with van der Waals surface area (Å²) in [6.07, 6.45) is 0. The van der Waals surface area contributed by atoms with Crippen molar-refractivity contribution in [2.45, 2.75) is 12.1 Å². The van der Waals surface area contributed by atoms with E-state index in [2.05, 4.69) is 15.5 Å². The number of nitrogens with one attached hydrogen (secondary N) is 1. The molecule has 1 N–H and O–H groups in total. The van der Waals surface area contributed by atoms with Crippen LogP contribution in [0.15, 0.2) is 73.4 Å². The van der Waals surface area contributed by atoms with E-state index in [0.29, 0.717) is 5.58 Å². The lowest BCUT2D eigenvalue weighted by atomic mass is 10.2. The van der Waals surface area contributed by atoms with Gasteiger partial charge in [0.2, 0.25) is 5.91 Å². The Kier molecular flexibility index (Phi) is 4.94. The molecule has 2 aromatic carbocycles. The molecule has 140 valence electrons. The molecule has 0 atom stereocenters. The summed E-state index contributed by atoms with van der Waals surface area (Å²) < 4.78 is 10.8. The van der Waals surface area contributed by atoms with Gasteiger partial charge in [-0.25, -0.2) is 4.79 Å². The molecule has 0 fully saturated rings. The lowest BCUT2D eigenvalue weighted by Crippen LogP contribution is -2.13. The molecule has 2 aromatic heterocycles. The molecule has 0 bridgehead atoms. The highest BCUT2D eigenvalue weighted by Gasteiger charge is 2.16. The van der Waals surface area contributed by atoms with Crippen molar-refractivity contribution in [1.29, 1.82) is 0 Å². The van der Waals surface area contributed by atoms with Crippen molar-refractivity contribution in [2.75, 3.05) is 11.1 Å². The first-order valence-electron chi connectivity index (χ1n) is 8.44. The fourth-order valence-corrected chi connectivity index (χ4v) is 3.11. The van der Waals surface area contributed by atoms with Gasteiger partial charge in [0.05, 0.1) is 5.75 Å². The van der Waals surface area contributed by atoms with Gasteiger partial charge < -0.3 is 14.2 Å². The predicted octanol–water partition coefficient (Wildman–Crippen LogP) is 3.88. The Morgan fingerprint density at radius 3 is 2.68 bits per heavy atom. The van der Waals surface area contributed by atoms with E-state index in [1.54, 1.807) is 18.2 Å². The Morgan fingerprint density at radius 2 is 1.86 bits per heavy atom. The summed E-state index contributed by atoms with van der Waals surface area (Å²) >= 11 is 1.09. The fourth-order valence-electron chi connectivity index (χ4n) is 2.55. The van der Waals surface area contributed by atoms with Crippen LogP contribution >= 0.6 is 11.8 Å². The lowest BCUT2D eigenvalue weighted by molar-refractivity contribution is -0.113. The summed E-state index contributed by atoms with van der Waals surface area (Å²) in [5.74, 6) is -0.0401. The normalized spacial score (nSPS) is 10.9. The second kappa shape index (κ2) is 7.69. The Bertz CT molecular complexity index is 1200. The average molecular weight is 393 g/mol. The molecule has 0 aliphatic rings. The minimum atomic E-state index is -0.559. The van der Waals surface area contributed by atoms with Crippen LogP contribution in [0.2, 0.25) is 0 Å². The minimum Gasteiger partial charge on any atom is -0.422 e. The van der Waals surface area contributed by atoms with Crippen LogP contribution < -0.4 is 10.9 Å². The molecule has 28 heavy (non-hydrogen) atoms. The highest BCUT2D eigenvalue weighted by atomic mass is 32.2. The third-order valence-electron chi connectivity index (χ3n) is 3.94. The lowest BCUT2D eigenvalue weighted by Gasteiger charge is -2.04. The summed E-state index contributed by atoms with van der Waals surface area (Å²) in [7, 11) is 0. The Balaban J connectivity index is 1.44. The summed E-state index contributed by atoms with van der Waals surface area (Å²) in [6, 6.07) is 16.3. The van der Waals surface area contributed by atoms with Crippen molar-refractivity contribution in [1.82, 2.24) is 10.2 Å². The zero-order valence-electron chi connectivity index (χ0n) is 14.8. The van der Waals surface area contributed by atoms with E-state index in [1.807, 2.05) is 43.3 Å².